The molecule has 0 atom stereocenters. The topological polar surface area (TPSA) is 65.5 Å². The van der Waals surface area contributed by atoms with Crippen LogP contribution in [0.4, 0.5) is 10.5 Å². The lowest BCUT2D eigenvalue weighted by atomic mass is 10.1. The molecule has 2 amide bonds. The summed E-state index contributed by atoms with van der Waals surface area (Å²) < 4.78 is 0. The molecule has 0 aliphatic rings. The quantitative estimate of drug-likeness (QED) is 0.511. The largest absolute Gasteiger partial charge is 0.341 e. The third-order valence-electron chi connectivity index (χ3n) is 2.41. The molecular formula is C12H18N4O. The van der Waals surface area contributed by atoms with Gasteiger partial charge in [0, 0.05) is 19.8 Å². The van der Waals surface area contributed by atoms with Crippen molar-refractivity contribution >= 4 is 17.7 Å². The van der Waals surface area contributed by atoms with Crippen molar-refractivity contribution in [1.29, 1.82) is 0 Å². The van der Waals surface area contributed by atoms with Crippen LogP contribution in [-0.2, 0) is 0 Å². The predicted octanol–water partition coefficient (Wildman–Crippen LogP) is 1.63. The molecule has 1 aromatic rings. The molecule has 0 aliphatic heterocycles. The number of anilines is 1. The molecule has 0 saturated carbocycles. The van der Waals surface area contributed by atoms with Crippen LogP contribution >= 0.6 is 0 Å². The number of hydrogen-bond acceptors (Lipinski definition) is 2. The maximum absolute atomic E-state index is 11.2. The molecule has 0 unspecified atom stereocenters. The molecule has 1 aromatic carbocycles. The summed E-state index contributed by atoms with van der Waals surface area (Å²) in [5, 5.41) is 8.19. The maximum Gasteiger partial charge on any atom is 0.321 e. The van der Waals surface area contributed by atoms with Gasteiger partial charge in [-0.1, -0.05) is 18.2 Å². The molecule has 0 bridgehead atoms. The number of rotatable bonds is 1. The molecule has 1 rings (SSSR count). The van der Waals surface area contributed by atoms with Crippen molar-refractivity contribution in [3.05, 3.63) is 29.3 Å². The minimum absolute atomic E-state index is 0.302. The van der Waals surface area contributed by atoms with Crippen LogP contribution in [0.5, 0.6) is 0 Å². The lowest BCUT2D eigenvalue weighted by Gasteiger charge is -2.14. The smallest absolute Gasteiger partial charge is 0.321 e. The molecule has 5 heteroatoms. The van der Waals surface area contributed by atoms with Gasteiger partial charge in [-0.15, -0.1) is 0 Å². The second-order valence-electron chi connectivity index (χ2n) is 3.67. The lowest BCUT2D eigenvalue weighted by molar-refractivity contribution is 0.247. The van der Waals surface area contributed by atoms with Crippen molar-refractivity contribution in [2.75, 3.05) is 19.4 Å². The fraction of sp³-hybridized carbons (Fsp3) is 0.333. The first kappa shape index (κ1) is 13.0. The lowest BCUT2D eigenvalue weighted by Crippen LogP contribution is -2.41. The van der Waals surface area contributed by atoms with Gasteiger partial charge in [-0.25, -0.2) is 4.79 Å². The molecule has 0 aromatic heterocycles. The van der Waals surface area contributed by atoms with E-state index in [1.165, 1.54) is 0 Å². The van der Waals surface area contributed by atoms with E-state index in [1.54, 1.807) is 14.1 Å². The van der Waals surface area contributed by atoms with Gasteiger partial charge >= 0.3 is 6.03 Å². The number of carbonyl (C=O) groups is 1. The normalized spacial score (nSPS) is 10.9. The molecule has 0 heterocycles. The molecule has 0 radical (unpaired) electrons. The Bertz CT molecular complexity index is 420. The van der Waals surface area contributed by atoms with E-state index in [0.717, 1.165) is 16.8 Å². The number of benzene rings is 1. The SMILES string of the molecule is CN=C(NC(=O)NC)Nc1c(C)cccc1C. The number of guanidine groups is 1. The number of nitrogens with zero attached hydrogens (tertiary/aromatic N) is 1. The Morgan fingerprint density at radius 2 is 1.82 bits per heavy atom. The van der Waals surface area contributed by atoms with E-state index in [-0.39, 0.29) is 6.03 Å². The van der Waals surface area contributed by atoms with Gasteiger partial charge in [0.1, 0.15) is 0 Å². The van der Waals surface area contributed by atoms with Crippen LogP contribution in [-0.4, -0.2) is 26.1 Å². The monoisotopic (exact) mass is 234 g/mol. The van der Waals surface area contributed by atoms with Crippen LogP contribution < -0.4 is 16.0 Å². The Morgan fingerprint density at radius 3 is 2.29 bits per heavy atom. The highest BCUT2D eigenvalue weighted by molar-refractivity contribution is 6.04. The zero-order valence-electron chi connectivity index (χ0n) is 10.6. The summed E-state index contributed by atoms with van der Waals surface area (Å²) in [6.07, 6.45) is 0. The van der Waals surface area contributed by atoms with Crippen molar-refractivity contribution in [1.82, 2.24) is 10.6 Å². The van der Waals surface area contributed by atoms with Crippen molar-refractivity contribution in [3.63, 3.8) is 0 Å². The molecule has 3 N–H and O–H groups in total. The predicted molar refractivity (Wildman–Crippen MR) is 70.5 cm³/mol. The van der Waals surface area contributed by atoms with Crippen LogP contribution in [0.25, 0.3) is 0 Å². The number of urea groups is 1. The van der Waals surface area contributed by atoms with Gasteiger partial charge < -0.3 is 10.6 Å². The van der Waals surface area contributed by atoms with E-state index >= 15 is 0 Å². The molecule has 5 nitrogen and oxygen atoms in total. The highest BCUT2D eigenvalue weighted by Crippen LogP contribution is 2.18. The number of hydrogen-bond donors (Lipinski definition) is 3. The van der Waals surface area contributed by atoms with Crippen LogP contribution in [0.1, 0.15) is 11.1 Å². The Labute approximate surface area is 101 Å². The number of para-hydroxylation sites is 1. The number of carbonyl (C=O) groups excluding carboxylic acids is 1. The van der Waals surface area contributed by atoms with Crippen molar-refractivity contribution in [3.8, 4) is 0 Å². The first-order valence-electron chi connectivity index (χ1n) is 5.37. The molecule has 92 valence electrons. The highest BCUT2D eigenvalue weighted by atomic mass is 16.2. The van der Waals surface area contributed by atoms with Gasteiger partial charge in [-0.05, 0) is 25.0 Å². The van der Waals surface area contributed by atoms with E-state index in [0.29, 0.717) is 5.96 Å². The minimum atomic E-state index is -0.302. The fourth-order valence-corrected chi connectivity index (χ4v) is 1.44. The van der Waals surface area contributed by atoms with E-state index < -0.39 is 0 Å². The average molecular weight is 234 g/mol. The number of nitrogens with one attached hydrogen (secondary N) is 3. The first-order valence-corrected chi connectivity index (χ1v) is 5.37. The van der Waals surface area contributed by atoms with Gasteiger partial charge in [-0.2, -0.15) is 0 Å². The average Bonchev–Trinajstić information content (AvgIpc) is 2.32. The zero-order chi connectivity index (χ0) is 12.8. The third kappa shape index (κ3) is 3.48. The molecule has 0 fully saturated rings. The van der Waals surface area contributed by atoms with Gasteiger partial charge in [0.05, 0.1) is 0 Å². The van der Waals surface area contributed by atoms with Gasteiger partial charge in [0.25, 0.3) is 0 Å². The molecular weight excluding hydrogens is 216 g/mol. The van der Waals surface area contributed by atoms with Gasteiger partial charge in [-0.3, -0.25) is 10.3 Å². The summed E-state index contributed by atoms with van der Waals surface area (Å²) >= 11 is 0. The standard InChI is InChI=1S/C12H18N4O/c1-8-6-5-7-9(2)10(8)15-11(13-3)16-12(17)14-4/h5-7H,1-4H3,(H3,13,14,15,16,17). The van der Waals surface area contributed by atoms with Crippen LogP contribution in [0, 0.1) is 13.8 Å². The number of amides is 2. The van der Waals surface area contributed by atoms with Gasteiger partial charge in [0.15, 0.2) is 0 Å². The van der Waals surface area contributed by atoms with Crippen LogP contribution in [0.15, 0.2) is 23.2 Å². The minimum Gasteiger partial charge on any atom is -0.341 e. The fourth-order valence-electron chi connectivity index (χ4n) is 1.44. The zero-order valence-corrected chi connectivity index (χ0v) is 10.6. The summed E-state index contributed by atoms with van der Waals surface area (Å²) in [5.41, 5.74) is 3.17. The first-order chi connectivity index (χ1) is 8.08. The van der Waals surface area contributed by atoms with Crippen molar-refractivity contribution in [2.24, 2.45) is 4.99 Å². The highest BCUT2D eigenvalue weighted by Gasteiger charge is 2.07. The summed E-state index contributed by atoms with van der Waals surface area (Å²) in [5.74, 6) is 0.418. The summed E-state index contributed by atoms with van der Waals surface area (Å²) in [4.78, 5) is 15.2. The Kier molecular flexibility index (Phi) is 4.51. The van der Waals surface area contributed by atoms with E-state index in [4.69, 9.17) is 0 Å². The van der Waals surface area contributed by atoms with Crippen LogP contribution in [0.3, 0.4) is 0 Å². The summed E-state index contributed by atoms with van der Waals surface area (Å²) in [6, 6.07) is 5.69. The molecule has 0 spiro atoms. The second kappa shape index (κ2) is 5.89. The van der Waals surface area contributed by atoms with Crippen molar-refractivity contribution in [2.45, 2.75) is 13.8 Å². The number of aryl methyl sites for hydroxylation is 2. The van der Waals surface area contributed by atoms with Gasteiger partial charge in [0.2, 0.25) is 5.96 Å². The summed E-state index contributed by atoms with van der Waals surface area (Å²) in [6.45, 7) is 4.00. The summed E-state index contributed by atoms with van der Waals surface area (Å²) in [7, 11) is 3.17. The van der Waals surface area contributed by atoms with Crippen molar-refractivity contribution < 1.29 is 4.79 Å². The Balaban J connectivity index is 2.85. The maximum atomic E-state index is 11.2. The van der Waals surface area contributed by atoms with E-state index in [2.05, 4.69) is 20.9 Å². The Hall–Kier alpha value is -2.04. The Morgan fingerprint density at radius 1 is 1.24 bits per heavy atom. The van der Waals surface area contributed by atoms with Crippen LogP contribution in [0.2, 0.25) is 0 Å². The third-order valence-corrected chi connectivity index (χ3v) is 2.41. The molecule has 0 saturated heterocycles. The second-order valence-corrected chi connectivity index (χ2v) is 3.67. The van der Waals surface area contributed by atoms with E-state index in [1.807, 2.05) is 32.0 Å². The molecule has 0 aliphatic carbocycles. The molecule has 17 heavy (non-hydrogen) atoms. The van der Waals surface area contributed by atoms with E-state index in [9.17, 15) is 4.79 Å². The number of aliphatic imine (C=N–C) groups is 1.